The Morgan fingerprint density at radius 2 is 1.90 bits per heavy atom. The van der Waals surface area contributed by atoms with Gasteiger partial charge in [0.1, 0.15) is 5.52 Å². The number of sulfonamides is 1. The summed E-state index contributed by atoms with van der Waals surface area (Å²) in [5, 5.41) is 1.25. The Hall–Kier alpha value is -2.89. The summed E-state index contributed by atoms with van der Waals surface area (Å²) in [4.78, 5) is 20.7. The molecule has 1 saturated heterocycles. The van der Waals surface area contributed by atoms with Gasteiger partial charge in [-0.15, -0.1) is 0 Å². The van der Waals surface area contributed by atoms with Crippen molar-refractivity contribution in [1.82, 2.24) is 19.2 Å². The number of rotatable bonds is 4. The standard InChI is InChI=1S/C18H21N5O5S/c1-22-5-7-23(8-6-22)29(25,26)11-3-4-14-12(9-11)13-10-15(27-2)21-17(16(13)20-14)28-18(19)24/h3-4,9-10,20H,5-8H2,1-2H3,(H2,19,24). The van der Waals surface area contributed by atoms with Gasteiger partial charge >= 0.3 is 6.09 Å². The van der Waals surface area contributed by atoms with Gasteiger partial charge in [0, 0.05) is 48.5 Å². The monoisotopic (exact) mass is 419 g/mol. The molecule has 11 heteroatoms. The fraction of sp³-hybridized carbons (Fsp3) is 0.333. The summed E-state index contributed by atoms with van der Waals surface area (Å²) in [6.07, 6.45) is -1.01. The normalized spacial score (nSPS) is 16.3. The second-order valence-electron chi connectivity index (χ2n) is 6.85. The Bertz CT molecular complexity index is 1200. The summed E-state index contributed by atoms with van der Waals surface area (Å²) in [6, 6.07) is 6.49. The number of hydrogen-bond donors (Lipinski definition) is 2. The number of aromatic amines is 1. The molecule has 0 unspecified atom stereocenters. The van der Waals surface area contributed by atoms with Crippen molar-refractivity contribution in [3.8, 4) is 11.8 Å². The number of nitrogens with zero attached hydrogens (tertiary/aromatic N) is 3. The van der Waals surface area contributed by atoms with E-state index in [0.29, 0.717) is 48.0 Å². The fourth-order valence-electron chi connectivity index (χ4n) is 3.43. The maximum absolute atomic E-state index is 13.1. The number of carbonyl (C=O) groups is 1. The van der Waals surface area contributed by atoms with Gasteiger partial charge < -0.3 is 25.1 Å². The van der Waals surface area contributed by atoms with Crippen LogP contribution in [-0.4, -0.2) is 74.0 Å². The molecule has 2 aromatic heterocycles. The van der Waals surface area contributed by atoms with E-state index in [1.807, 2.05) is 7.05 Å². The van der Waals surface area contributed by atoms with Crippen molar-refractivity contribution in [3.63, 3.8) is 0 Å². The van der Waals surface area contributed by atoms with E-state index in [2.05, 4.69) is 14.9 Å². The van der Waals surface area contributed by atoms with E-state index in [1.165, 1.54) is 11.4 Å². The van der Waals surface area contributed by atoms with Crippen molar-refractivity contribution in [2.45, 2.75) is 4.90 Å². The smallest absolute Gasteiger partial charge is 0.411 e. The maximum atomic E-state index is 13.1. The Morgan fingerprint density at radius 3 is 2.55 bits per heavy atom. The maximum Gasteiger partial charge on any atom is 0.411 e. The molecule has 1 amide bonds. The third kappa shape index (κ3) is 3.48. The zero-order valence-corrected chi connectivity index (χ0v) is 16.8. The lowest BCUT2D eigenvalue weighted by atomic mass is 10.2. The molecular weight excluding hydrogens is 398 g/mol. The van der Waals surface area contributed by atoms with Crippen LogP contribution in [-0.2, 0) is 10.0 Å². The van der Waals surface area contributed by atoms with Crippen molar-refractivity contribution in [1.29, 1.82) is 0 Å². The number of likely N-dealkylation sites (N-methyl/N-ethyl adjacent to an activating group) is 1. The number of pyridine rings is 1. The highest BCUT2D eigenvalue weighted by atomic mass is 32.2. The second kappa shape index (κ2) is 7.17. The Morgan fingerprint density at radius 1 is 1.17 bits per heavy atom. The first-order valence-corrected chi connectivity index (χ1v) is 10.4. The highest BCUT2D eigenvalue weighted by Gasteiger charge is 2.28. The molecule has 154 valence electrons. The van der Waals surface area contributed by atoms with E-state index < -0.39 is 16.1 Å². The van der Waals surface area contributed by atoms with Gasteiger partial charge in [-0.1, -0.05) is 0 Å². The molecule has 3 N–H and O–H groups in total. The minimum atomic E-state index is -3.63. The Balaban J connectivity index is 1.85. The third-order valence-corrected chi connectivity index (χ3v) is 6.90. The number of piperazine rings is 1. The molecule has 1 fully saturated rings. The number of carbonyl (C=O) groups excluding carboxylic acids is 1. The van der Waals surface area contributed by atoms with Gasteiger partial charge in [0.25, 0.3) is 5.88 Å². The number of fused-ring (bicyclic) bond motifs is 3. The van der Waals surface area contributed by atoms with Crippen LogP contribution in [0.25, 0.3) is 21.8 Å². The molecule has 1 aliphatic heterocycles. The highest BCUT2D eigenvalue weighted by molar-refractivity contribution is 7.89. The Kier molecular flexibility index (Phi) is 4.81. The highest BCUT2D eigenvalue weighted by Crippen LogP contribution is 2.35. The molecule has 1 aromatic carbocycles. The average molecular weight is 419 g/mol. The van der Waals surface area contributed by atoms with Crippen LogP contribution in [0, 0.1) is 0 Å². The van der Waals surface area contributed by atoms with Crippen LogP contribution in [0.15, 0.2) is 29.2 Å². The lowest BCUT2D eigenvalue weighted by molar-refractivity contribution is 0.209. The number of aromatic nitrogens is 2. The van der Waals surface area contributed by atoms with E-state index in [0.717, 1.165) is 0 Å². The largest absolute Gasteiger partial charge is 0.481 e. The number of nitrogens with one attached hydrogen (secondary N) is 1. The van der Waals surface area contributed by atoms with Crippen LogP contribution >= 0.6 is 0 Å². The molecule has 0 radical (unpaired) electrons. The van der Waals surface area contributed by atoms with E-state index in [-0.39, 0.29) is 16.7 Å². The van der Waals surface area contributed by atoms with Gasteiger partial charge in [-0.3, -0.25) is 0 Å². The lowest BCUT2D eigenvalue weighted by Crippen LogP contribution is -2.46. The van der Waals surface area contributed by atoms with E-state index in [4.69, 9.17) is 15.2 Å². The van der Waals surface area contributed by atoms with Gasteiger partial charge in [-0.05, 0) is 25.2 Å². The van der Waals surface area contributed by atoms with Crippen LogP contribution < -0.4 is 15.2 Å². The number of hydrogen-bond acceptors (Lipinski definition) is 7. The molecule has 3 heterocycles. The van der Waals surface area contributed by atoms with Crippen molar-refractivity contribution in [3.05, 3.63) is 24.3 Å². The summed E-state index contributed by atoms with van der Waals surface area (Å²) in [6.45, 7) is 2.26. The van der Waals surface area contributed by atoms with Crippen LogP contribution in [0.5, 0.6) is 11.8 Å². The fourth-order valence-corrected chi connectivity index (χ4v) is 4.88. The molecule has 10 nitrogen and oxygen atoms in total. The first kappa shape index (κ1) is 19.4. The van der Waals surface area contributed by atoms with Crippen LogP contribution in [0.1, 0.15) is 0 Å². The minimum absolute atomic E-state index is 0.0356. The van der Waals surface area contributed by atoms with Crippen LogP contribution in [0.2, 0.25) is 0 Å². The lowest BCUT2D eigenvalue weighted by Gasteiger charge is -2.31. The topological polar surface area (TPSA) is 131 Å². The number of benzene rings is 1. The third-order valence-electron chi connectivity index (χ3n) is 5.01. The molecule has 1 aliphatic rings. The predicted octanol–water partition coefficient (Wildman–Crippen LogP) is 1.12. The average Bonchev–Trinajstić information content (AvgIpc) is 3.06. The predicted molar refractivity (Wildman–Crippen MR) is 107 cm³/mol. The summed E-state index contributed by atoms with van der Waals surface area (Å²) in [5.74, 6) is 0.175. The summed E-state index contributed by atoms with van der Waals surface area (Å²) < 4.78 is 37.9. The second-order valence-corrected chi connectivity index (χ2v) is 8.79. The van der Waals surface area contributed by atoms with Crippen LogP contribution in [0.3, 0.4) is 0 Å². The van der Waals surface area contributed by atoms with Crippen LogP contribution in [0.4, 0.5) is 4.79 Å². The van der Waals surface area contributed by atoms with E-state index >= 15 is 0 Å². The molecule has 0 saturated carbocycles. The van der Waals surface area contributed by atoms with Crippen molar-refractivity contribution in [2.75, 3.05) is 40.3 Å². The van der Waals surface area contributed by atoms with E-state index in [9.17, 15) is 13.2 Å². The van der Waals surface area contributed by atoms with Gasteiger partial charge in [-0.25, -0.2) is 13.2 Å². The van der Waals surface area contributed by atoms with Gasteiger partial charge in [0.2, 0.25) is 15.9 Å². The molecule has 0 spiro atoms. The van der Waals surface area contributed by atoms with Crippen molar-refractivity contribution < 1.29 is 22.7 Å². The molecule has 4 rings (SSSR count). The molecule has 0 atom stereocenters. The molecule has 0 bridgehead atoms. The number of amides is 1. The first-order valence-electron chi connectivity index (χ1n) is 8.96. The van der Waals surface area contributed by atoms with Crippen molar-refractivity contribution >= 4 is 37.9 Å². The number of ether oxygens (including phenoxy) is 2. The molecule has 3 aromatic rings. The van der Waals surface area contributed by atoms with Gasteiger partial charge in [0.05, 0.1) is 12.0 Å². The summed E-state index contributed by atoms with van der Waals surface area (Å²) >= 11 is 0. The SMILES string of the molecule is COc1cc2c([nH]c3ccc(S(=O)(=O)N4CCN(C)CC4)cc32)c(OC(N)=O)n1. The summed E-state index contributed by atoms with van der Waals surface area (Å²) in [5.41, 5.74) is 6.22. The number of nitrogens with two attached hydrogens (primary N) is 1. The Labute approximate surface area is 167 Å². The van der Waals surface area contributed by atoms with Crippen molar-refractivity contribution in [2.24, 2.45) is 5.73 Å². The minimum Gasteiger partial charge on any atom is -0.481 e. The molecule has 29 heavy (non-hydrogen) atoms. The van der Waals surface area contributed by atoms with E-state index in [1.54, 1.807) is 24.3 Å². The zero-order valence-electron chi connectivity index (χ0n) is 16.0. The van der Waals surface area contributed by atoms with Gasteiger partial charge in [-0.2, -0.15) is 9.29 Å². The molecular formula is C18H21N5O5S. The quantitative estimate of drug-likeness (QED) is 0.648. The number of H-pyrrole nitrogens is 1. The molecule has 0 aliphatic carbocycles. The summed E-state index contributed by atoms with van der Waals surface area (Å²) in [7, 11) is -0.229. The van der Waals surface area contributed by atoms with Gasteiger partial charge in [0.15, 0.2) is 0 Å². The zero-order chi connectivity index (χ0) is 20.8. The number of primary amides is 1. The number of methoxy groups -OCH3 is 1. The first-order chi connectivity index (χ1) is 13.8.